The van der Waals surface area contributed by atoms with E-state index in [0.717, 1.165) is 25.0 Å². The number of halogens is 3. The van der Waals surface area contributed by atoms with Gasteiger partial charge in [-0.25, -0.2) is 0 Å². The first kappa shape index (κ1) is 14.8. The molecule has 2 N–H and O–H groups in total. The van der Waals surface area contributed by atoms with Crippen molar-refractivity contribution in [3.8, 4) is 0 Å². The number of amides is 1. The van der Waals surface area contributed by atoms with E-state index < -0.39 is 11.7 Å². The zero-order valence-corrected chi connectivity index (χ0v) is 11.0. The van der Waals surface area contributed by atoms with Gasteiger partial charge >= 0.3 is 6.18 Å². The summed E-state index contributed by atoms with van der Waals surface area (Å²) in [5.41, 5.74) is -0.0628. The molecule has 2 rings (SSSR count). The van der Waals surface area contributed by atoms with Crippen molar-refractivity contribution in [1.29, 1.82) is 0 Å². The van der Waals surface area contributed by atoms with Crippen LogP contribution >= 0.6 is 0 Å². The molecule has 1 saturated carbocycles. The molecule has 0 spiro atoms. The molecule has 0 bridgehead atoms. The first-order chi connectivity index (χ1) is 9.47. The van der Waals surface area contributed by atoms with Crippen molar-refractivity contribution in [3.05, 3.63) is 35.4 Å². The maximum Gasteiger partial charge on any atom is 0.416 e. The summed E-state index contributed by atoms with van der Waals surface area (Å²) >= 11 is 0. The van der Waals surface area contributed by atoms with Gasteiger partial charge in [0.1, 0.15) is 0 Å². The van der Waals surface area contributed by atoms with Crippen molar-refractivity contribution >= 4 is 5.91 Å². The van der Waals surface area contributed by atoms with Crippen LogP contribution in [0, 0.1) is 5.92 Å². The Morgan fingerprint density at radius 3 is 2.65 bits per heavy atom. The molecule has 1 aromatic carbocycles. The minimum absolute atomic E-state index is 0.0749. The molecule has 1 aromatic rings. The van der Waals surface area contributed by atoms with Crippen molar-refractivity contribution < 1.29 is 18.0 Å². The van der Waals surface area contributed by atoms with Crippen LogP contribution in [0.25, 0.3) is 0 Å². The number of benzene rings is 1. The van der Waals surface area contributed by atoms with E-state index in [-0.39, 0.29) is 11.8 Å². The maximum atomic E-state index is 12.5. The lowest BCUT2D eigenvalue weighted by atomic mass is 10.1. The summed E-state index contributed by atoms with van der Waals surface area (Å²) in [6.07, 6.45) is -2.39. The molecular weight excluding hydrogens is 269 g/mol. The third-order valence-electron chi connectivity index (χ3n) is 3.13. The van der Waals surface area contributed by atoms with E-state index in [1.54, 1.807) is 6.07 Å². The molecule has 110 valence electrons. The largest absolute Gasteiger partial charge is 0.416 e. The van der Waals surface area contributed by atoms with Gasteiger partial charge in [-0.2, -0.15) is 13.2 Å². The summed E-state index contributed by atoms with van der Waals surface area (Å²) < 4.78 is 37.5. The second-order valence-electron chi connectivity index (χ2n) is 4.94. The Morgan fingerprint density at radius 2 is 2.00 bits per heavy atom. The van der Waals surface area contributed by atoms with Gasteiger partial charge in [0.15, 0.2) is 0 Å². The zero-order chi connectivity index (χ0) is 14.6. The van der Waals surface area contributed by atoms with E-state index in [1.807, 2.05) is 0 Å². The molecule has 0 radical (unpaired) electrons. The fourth-order valence-electron chi connectivity index (χ4n) is 1.85. The summed E-state index contributed by atoms with van der Waals surface area (Å²) in [7, 11) is 0. The number of alkyl halides is 3. The molecule has 20 heavy (non-hydrogen) atoms. The lowest BCUT2D eigenvalue weighted by Crippen LogP contribution is -2.32. The highest BCUT2D eigenvalue weighted by atomic mass is 19.4. The third kappa shape index (κ3) is 4.52. The highest BCUT2D eigenvalue weighted by molar-refractivity contribution is 5.80. The number of hydrogen-bond acceptors (Lipinski definition) is 2. The SMILES string of the molecule is O=C(NCCNCc1cccc(C(F)(F)F)c1)C1CC1. The quantitative estimate of drug-likeness (QED) is 0.788. The third-order valence-corrected chi connectivity index (χ3v) is 3.13. The van der Waals surface area contributed by atoms with E-state index in [4.69, 9.17) is 0 Å². The number of carbonyl (C=O) groups excluding carboxylic acids is 1. The molecule has 0 aromatic heterocycles. The summed E-state index contributed by atoms with van der Waals surface area (Å²) in [6, 6.07) is 5.23. The molecular formula is C14H17F3N2O. The predicted octanol–water partition coefficient (Wildman–Crippen LogP) is 2.32. The van der Waals surface area contributed by atoms with Crippen molar-refractivity contribution in [2.45, 2.75) is 25.6 Å². The minimum atomic E-state index is -4.31. The second-order valence-corrected chi connectivity index (χ2v) is 4.94. The van der Waals surface area contributed by atoms with Crippen molar-refractivity contribution in [2.24, 2.45) is 5.92 Å². The van der Waals surface area contributed by atoms with E-state index in [9.17, 15) is 18.0 Å². The normalized spacial score (nSPS) is 15.2. The van der Waals surface area contributed by atoms with Gasteiger partial charge in [-0.15, -0.1) is 0 Å². The molecule has 1 amide bonds. The van der Waals surface area contributed by atoms with E-state index >= 15 is 0 Å². The monoisotopic (exact) mass is 286 g/mol. The Morgan fingerprint density at radius 1 is 1.25 bits per heavy atom. The molecule has 0 aliphatic heterocycles. The van der Waals surface area contributed by atoms with Gasteiger partial charge in [-0.3, -0.25) is 4.79 Å². The molecule has 1 fully saturated rings. The average Bonchev–Trinajstić information content (AvgIpc) is 3.22. The highest BCUT2D eigenvalue weighted by Gasteiger charge is 2.30. The van der Waals surface area contributed by atoms with Crippen LogP contribution in [-0.4, -0.2) is 19.0 Å². The number of nitrogens with one attached hydrogen (secondary N) is 2. The molecule has 0 unspecified atom stereocenters. The van der Waals surface area contributed by atoms with E-state index in [2.05, 4.69) is 10.6 Å². The van der Waals surface area contributed by atoms with E-state index in [0.29, 0.717) is 25.2 Å². The van der Waals surface area contributed by atoms with Crippen molar-refractivity contribution in [1.82, 2.24) is 10.6 Å². The van der Waals surface area contributed by atoms with Gasteiger partial charge in [0.05, 0.1) is 5.56 Å². The van der Waals surface area contributed by atoms with Crippen LogP contribution in [0.5, 0.6) is 0 Å². The van der Waals surface area contributed by atoms with Crippen LogP contribution in [0.4, 0.5) is 13.2 Å². The van der Waals surface area contributed by atoms with Crippen LogP contribution in [-0.2, 0) is 17.5 Å². The van der Waals surface area contributed by atoms with Crippen LogP contribution in [0.1, 0.15) is 24.0 Å². The van der Waals surface area contributed by atoms with Gasteiger partial charge in [0.2, 0.25) is 5.91 Å². The van der Waals surface area contributed by atoms with Crippen molar-refractivity contribution in [2.75, 3.05) is 13.1 Å². The molecule has 0 saturated heterocycles. The van der Waals surface area contributed by atoms with Crippen LogP contribution < -0.4 is 10.6 Å². The summed E-state index contributed by atoms with van der Waals surface area (Å²) in [5, 5.41) is 5.80. The van der Waals surface area contributed by atoms with Gasteiger partial charge in [0.25, 0.3) is 0 Å². The van der Waals surface area contributed by atoms with Crippen LogP contribution in [0.15, 0.2) is 24.3 Å². The predicted molar refractivity (Wildman–Crippen MR) is 68.9 cm³/mol. The first-order valence-corrected chi connectivity index (χ1v) is 6.61. The van der Waals surface area contributed by atoms with Gasteiger partial charge < -0.3 is 10.6 Å². The molecule has 6 heteroatoms. The molecule has 0 heterocycles. The van der Waals surface area contributed by atoms with E-state index in [1.165, 1.54) is 6.07 Å². The summed E-state index contributed by atoms with van der Waals surface area (Å²) in [5.74, 6) is 0.254. The van der Waals surface area contributed by atoms with Crippen LogP contribution in [0.2, 0.25) is 0 Å². The Bertz CT molecular complexity index is 470. The highest BCUT2D eigenvalue weighted by Crippen LogP contribution is 2.29. The Hall–Kier alpha value is -1.56. The zero-order valence-electron chi connectivity index (χ0n) is 11.0. The van der Waals surface area contributed by atoms with Crippen LogP contribution in [0.3, 0.4) is 0 Å². The first-order valence-electron chi connectivity index (χ1n) is 6.61. The van der Waals surface area contributed by atoms with Crippen molar-refractivity contribution in [3.63, 3.8) is 0 Å². The lowest BCUT2D eigenvalue weighted by Gasteiger charge is -2.10. The maximum absolute atomic E-state index is 12.5. The number of hydrogen-bond donors (Lipinski definition) is 2. The summed E-state index contributed by atoms with van der Waals surface area (Å²) in [6.45, 7) is 1.38. The minimum Gasteiger partial charge on any atom is -0.355 e. The second kappa shape index (κ2) is 6.26. The molecule has 0 atom stereocenters. The number of rotatable bonds is 6. The fourth-order valence-corrected chi connectivity index (χ4v) is 1.85. The fraction of sp³-hybridized carbons (Fsp3) is 0.500. The van der Waals surface area contributed by atoms with Gasteiger partial charge in [0, 0.05) is 25.6 Å². The lowest BCUT2D eigenvalue weighted by molar-refractivity contribution is -0.137. The average molecular weight is 286 g/mol. The summed E-state index contributed by atoms with van der Waals surface area (Å²) in [4.78, 5) is 11.3. The topological polar surface area (TPSA) is 41.1 Å². The van der Waals surface area contributed by atoms with Gasteiger partial charge in [-0.1, -0.05) is 18.2 Å². The molecule has 3 nitrogen and oxygen atoms in total. The number of carbonyl (C=O) groups is 1. The van der Waals surface area contributed by atoms with Gasteiger partial charge in [-0.05, 0) is 24.5 Å². The molecule has 1 aliphatic rings. The Labute approximate surface area is 115 Å². The standard InChI is InChI=1S/C14H17F3N2O/c15-14(16,17)12-3-1-2-10(8-12)9-18-6-7-19-13(20)11-4-5-11/h1-3,8,11,18H,4-7,9H2,(H,19,20). The smallest absolute Gasteiger partial charge is 0.355 e. The molecule has 1 aliphatic carbocycles. The Balaban J connectivity index is 1.69. The Kier molecular flexibility index (Phi) is 4.65.